The lowest BCUT2D eigenvalue weighted by Crippen LogP contribution is -2.43. The first kappa shape index (κ1) is 20.2. The Morgan fingerprint density at radius 2 is 1.50 bits per heavy atom. The van der Waals surface area contributed by atoms with Gasteiger partial charge >= 0.3 is 0 Å². The van der Waals surface area contributed by atoms with Gasteiger partial charge in [-0.1, -0.05) is 76.2 Å². The summed E-state index contributed by atoms with van der Waals surface area (Å²) in [6.45, 7) is 8.82. The molecule has 2 atom stereocenters. The molecule has 3 nitrogen and oxygen atoms in total. The second kappa shape index (κ2) is 8.35. The first-order chi connectivity index (χ1) is 14.5. The summed E-state index contributed by atoms with van der Waals surface area (Å²) in [5, 5.41) is 3.59. The Labute approximate surface area is 179 Å². The van der Waals surface area contributed by atoms with Crippen LogP contribution in [-0.2, 0) is 0 Å². The van der Waals surface area contributed by atoms with Crippen LogP contribution in [0.3, 0.4) is 0 Å². The summed E-state index contributed by atoms with van der Waals surface area (Å²) in [4.78, 5) is 15.4. The van der Waals surface area contributed by atoms with Crippen LogP contribution in [0.1, 0.15) is 79.2 Å². The molecule has 0 spiro atoms. The first-order valence-corrected chi connectivity index (χ1v) is 10.9. The van der Waals surface area contributed by atoms with Crippen molar-refractivity contribution in [1.82, 2.24) is 0 Å². The van der Waals surface area contributed by atoms with Crippen LogP contribution in [0.25, 0.3) is 0 Å². The number of rotatable bonds is 5. The number of benzene rings is 3. The van der Waals surface area contributed by atoms with E-state index in [-0.39, 0.29) is 12.1 Å². The third kappa shape index (κ3) is 3.72. The first-order valence-electron chi connectivity index (χ1n) is 10.9. The molecule has 2 unspecified atom stereocenters. The van der Waals surface area contributed by atoms with E-state index in [2.05, 4.69) is 81.5 Å². The van der Waals surface area contributed by atoms with Gasteiger partial charge < -0.3 is 5.32 Å². The molecule has 0 saturated carbocycles. The van der Waals surface area contributed by atoms with Gasteiger partial charge in [-0.25, -0.2) is 0 Å². The number of hydrogen-bond donors (Lipinski definition) is 1. The molecule has 1 aliphatic rings. The van der Waals surface area contributed by atoms with Gasteiger partial charge in [0.05, 0.1) is 5.56 Å². The Balaban J connectivity index is 1.76. The van der Waals surface area contributed by atoms with Gasteiger partial charge in [-0.3, -0.25) is 9.69 Å². The summed E-state index contributed by atoms with van der Waals surface area (Å²) >= 11 is 0. The summed E-state index contributed by atoms with van der Waals surface area (Å²) < 4.78 is 0. The number of nitrogens with one attached hydrogen (secondary N) is 1. The molecule has 1 aliphatic heterocycles. The van der Waals surface area contributed by atoms with Crippen LogP contribution in [0.5, 0.6) is 0 Å². The number of nitrogens with zero attached hydrogens (tertiary/aromatic N) is 1. The molecule has 1 N–H and O–H groups in total. The maximum Gasteiger partial charge on any atom is 0.262 e. The quantitative estimate of drug-likeness (QED) is 0.497. The molecule has 0 radical (unpaired) electrons. The molecular formula is C27H30N2O. The second-order valence-corrected chi connectivity index (χ2v) is 8.49. The van der Waals surface area contributed by atoms with Crippen LogP contribution in [0.15, 0.2) is 72.8 Å². The van der Waals surface area contributed by atoms with Crippen LogP contribution >= 0.6 is 0 Å². The Morgan fingerprint density at radius 1 is 0.867 bits per heavy atom. The Bertz CT molecular complexity index is 1020. The van der Waals surface area contributed by atoms with E-state index >= 15 is 0 Å². The molecule has 3 aromatic rings. The fraction of sp³-hybridized carbons (Fsp3) is 0.296. The third-order valence-corrected chi connectivity index (χ3v) is 6.20. The second-order valence-electron chi connectivity index (χ2n) is 8.49. The van der Waals surface area contributed by atoms with Gasteiger partial charge in [-0.15, -0.1) is 0 Å². The van der Waals surface area contributed by atoms with E-state index in [0.717, 1.165) is 23.4 Å². The number of hydrogen-bond acceptors (Lipinski definition) is 2. The largest absolute Gasteiger partial charge is 0.360 e. The maximum absolute atomic E-state index is 13.5. The van der Waals surface area contributed by atoms with Crippen molar-refractivity contribution in [3.05, 3.63) is 95.1 Å². The zero-order chi connectivity index (χ0) is 21.3. The van der Waals surface area contributed by atoms with Crippen molar-refractivity contribution in [1.29, 1.82) is 0 Å². The molecule has 0 aliphatic carbocycles. The SMILES string of the molecule is CCC(C)c1ccc(N2C(=O)c3ccccc3NC2c2ccc(C(C)C)cc2)cc1. The van der Waals surface area contributed by atoms with Gasteiger partial charge in [0.1, 0.15) is 6.17 Å². The van der Waals surface area contributed by atoms with E-state index in [0.29, 0.717) is 17.4 Å². The lowest BCUT2D eigenvalue weighted by atomic mass is 9.96. The van der Waals surface area contributed by atoms with Gasteiger partial charge in [-0.2, -0.15) is 0 Å². The highest BCUT2D eigenvalue weighted by Crippen LogP contribution is 2.37. The zero-order valence-corrected chi connectivity index (χ0v) is 18.2. The molecular weight excluding hydrogens is 368 g/mol. The Hall–Kier alpha value is -3.07. The van der Waals surface area contributed by atoms with E-state index < -0.39 is 0 Å². The molecule has 0 saturated heterocycles. The maximum atomic E-state index is 13.5. The van der Waals surface area contributed by atoms with E-state index in [1.807, 2.05) is 29.2 Å². The van der Waals surface area contributed by atoms with Crippen molar-refractivity contribution in [2.24, 2.45) is 0 Å². The number of anilines is 2. The summed E-state index contributed by atoms with van der Waals surface area (Å²) in [5.41, 5.74) is 6.18. The molecule has 1 heterocycles. The molecule has 0 aromatic heterocycles. The number of amides is 1. The normalized spacial score (nSPS) is 16.9. The van der Waals surface area contributed by atoms with Crippen molar-refractivity contribution in [2.75, 3.05) is 10.2 Å². The minimum atomic E-state index is -0.247. The molecule has 3 heteroatoms. The van der Waals surface area contributed by atoms with Gasteiger partial charge in [0, 0.05) is 11.4 Å². The highest BCUT2D eigenvalue weighted by Gasteiger charge is 2.34. The summed E-state index contributed by atoms with van der Waals surface area (Å²) in [5.74, 6) is 1.01. The predicted molar refractivity (Wildman–Crippen MR) is 125 cm³/mol. The monoisotopic (exact) mass is 398 g/mol. The molecule has 154 valence electrons. The highest BCUT2D eigenvalue weighted by molar-refractivity contribution is 6.12. The van der Waals surface area contributed by atoms with E-state index in [9.17, 15) is 4.79 Å². The van der Waals surface area contributed by atoms with Crippen molar-refractivity contribution in [2.45, 2.75) is 52.1 Å². The molecule has 3 aromatic carbocycles. The predicted octanol–water partition coefficient (Wildman–Crippen LogP) is 7.09. The van der Waals surface area contributed by atoms with Crippen LogP contribution in [-0.4, -0.2) is 5.91 Å². The lowest BCUT2D eigenvalue weighted by Gasteiger charge is -2.38. The highest BCUT2D eigenvalue weighted by atomic mass is 16.2. The molecule has 30 heavy (non-hydrogen) atoms. The number of carbonyl (C=O) groups excluding carboxylic acids is 1. The van der Waals surface area contributed by atoms with Crippen molar-refractivity contribution in [3.8, 4) is 0 Å². The number of fused-ring (bicyclic) bond motifs is 1. The Kier molecular flexibility index (Phi) is 5.63. The summed E-state index contributed by atoms with van der Waals surface area (Å²) in [7, 11) is 0. The minimum absolute atomic E-state index is 0.0265. The number of para-hydroxylation sites is 1. The smallest absolute Gasteiger partial charge is 0.262 e. The Morgan fingerprint density at radius 3 is 2.13 bits per heavy atom. The average molecular weight is 399 g/mol. The molecule has 0 fully saturated rings. The summed E-state index contributed by atoms with van der Waals surface area (Å²) in [6.07, 6.45) is 0.852. The molecule has 0 bridgehead atoms. The van der Waals surface area contributed by atoms with Gasteiger partial charge in [0.25, 0.3) is 5.91 Å². The van der Waals surface area contributed by atoms with Gasteiger partial charge in [0.2, 0.25) is 0 Å². The van der Waals surface area contributed by atoms with Crippen LogP contribution in [0.2, 0.25) is 0 Å². The molecule has 4 rings (SSSR count). The van der Waals surface area contributed by atoms with Crippen molar-refractivity contribution >= 4 is 17.3 Å². The average Bonchev–Trinajstić information content (AvgIpc) is 2.78. The van der Waals surface area contributed by atoms with Crippen LogP contribution in [0, 0.1) is 0 Å². The van der Waals surface area contributed by atoms with Crippen LogP contribution < -0.4 is 10.2 Å². The summed E-state index contributed by atoms with van der Waals surface area (Å²) in [6, 6.07) is 24.8. The third-order valence-electron chi connectivity index (χ3n) is 6.20. The van der Waals surface area contributed by atoms with E-state index in [1.54, 1.807) is 0 Å². The van der Waals surface area contributed by atoms with Crippen molar-refractivity contribution < 1.29 is 4.79 Å². The van der Waals surface area contributed by atoms with Gasteiger partial charge in [-0.05, 0) is 59.2 Å². The fourth-order valence-electron chi connectivity index (χ4n) is 4.02. The topological polar surface area (TPSA) is 32.3 Å². The fourth-order valence-corrected chi connectivity index (χ4v) is 4.02. The van der Waals surface area contributed by atoms with E-state index in [1.165, 1.54) is 11.1 Å². The van der Waals surface area contributed by atoms with Gasteiger partial charge in [0.15, 0.2) is 0 Å². The zero-order valence-electron chi connectivity index (χ0n) is 18.2. The van der Waals surface area contributed by atoms with Crippen molar-refractivity contribution in [3.63, 3.8) is 0 Å². The standard InChI is InChI=1S/C27H30N2O/c1-5-19(4)21-14-16-23(17-15-21)29-26(22-12-10-20(11-13-22)18(2)3)28-25-9-7-6-8-24(25)27(29)30/h6-19,26,28H,5H2,1-4H3. The minimum Gasteiger partial charge on any atom is -0.360 e. The van der Waals surface area contributed by atoms with E-state index in [4.69, 9.17) is 0 Å². The number of carbonyl (C=O) groups is 1. The lowest BCUT2D eigenvalue weighted by molar-refractivity contribution is 0.0975. The van der Waals surface area contributed by atoms with Crippen LogP contribution in [0.4, 0.5) is 11.4 Å². The molecule has 1 amide bonds.